The summed E-state index contributed by atoms with van der Waals surface area (Å²) in [4.78, 5) is 23.4. The third kappa shape index (κ3) is 5.13. The van der Waals surface area contributed by atoms with E-state index in [0.29, 0.717) is 16.7 Å². The predicted octanol–water partition coefficient (Wildman–Crippen LogP) is 4.61. The molecular formula is C25H25ClN6O2S. The maximum absolute atomic E-state index is 11.5. The van der Waals surface area contributed by atoms with Crippen LogP contribution in [0.5, 0.6) is 0 Å². The van der Waals surface area contributed by atoms with Crippen molar-refractivity contribution < 1.29 is 9.90 Å². The third-order valence-electron chi connectivity index (χ3n) is 6.16. The second-order valence-electron chi connectivity index (χ2n) is 8.63. The fourth-order valence-electron chi connectivity index (χ4n) is 4.56. The molecule has 1 saturated heterocycles. The van der Waals surface area contributed by atoms with Crippen molar-refractivity contribution in [2.24, 2.45) is 5.92 Å². The summed E-state index contributed by atoms with van der Waals surface area (Å²) in [6.45, 7) is 3.32. The van der Waals surface area contributed by atoms with Crippen LogP contribution in [0.15, 0.2) is 55.0 Å². The largest absolute Gasteiger partial charge is 0.396 e. The average Bonchev–Trinajstić information content (AvgIpc) is 3.61. The monoisotopic (exact) mass is 508 g/mol. The van der Waals surface area contributed by atoms with E-state index >= 15 is 0 Å². The number of hydrogen-bond acceptors (Lipinski definition) is 7. The molecule has 3 aromatic heterocycles. The molecule has 10 heteroatoms. The number of benzene rings is 1. The van der Waals surface area contributed by atoms with Gasteiger partial charge in [-0.25, -0.2) is 4.98 Å². The predicted molar refractivity (Wildman–Crippen MR) is 137 cm³/mol. The summed E-state index contributed by atoms with van der Waals surface area (Å²) in [5.74, 6) is 1.28. The van der Waals surface area contributed by atoms with Crippen molar-refractivity contribution in [3.05, 3.63) is 71.1 Å². The minimum Gasteiger partial charge on any atom is -0.396 e. The Bertz CT molecular complexity index is 1310. The molecule has 0 bridgehead atoms. The Labute approximate surface area is 212 Å². The van der Waals surface area contributed by atoms with Gasteiger partial charge < -0.3 is 15.4 Å². The molecule has 1 fully saturated rings. The molecule has 0 radical (unpaired) electrons. The van der Waals surface area contributed by atoms with E-state index in [-0.39, 0.29) is 24.5 Å². The van der Waals surface area contributed by atoms with E-state index in [1.807, 2.05) is 24.3 Å². The van der Waals surface area contributed by atoms with E-state index in [1.165, 1.54) is 6.92 Å². The number of likely N-dealkylation sites (tertiary alicyclic amines) is 1. The molecule has 180 valence electrons. The number of anilines is 1. The highest BCUT2D eigenvalue weighted by Crippen LogP contribution is 2.45. The number of thiophene rings is 1. The summed E-state index contributed by atoms with van der Waals surface area (Å²) >= 11 is 7.82. The molecule has 1 aliphatic heterocycles. The maximum Gasteiger partial charge on any atom is 0.222 e. The maximum atomic E-state index is 11.5. The lowest BCUT2D eigenvalue weighted by molar-refractivity contribution is -0.114. The molecule has 0 spiro atoms. The number of carbonyl (C=O) groups is 1. The first-order chi connectivity index (χ1) is 17.0. The van der Waals surface area contributed by atoms with Gasteiger partial charge in [-0.1, -0.05) is 23.7 Å². The highest BCUT2D eigenvalue weighted by molar-refractivity contribution is 7.19. The molecule has 35 heavy (non-hydrogen) atoms. The van der Waals surface area contributed by atoms with Crippen LogP contribution in [-0.4, -0.2) is 55.8 Å². The molecule has 1 aromatic carbocycles. The van der Waals surface area contributed by atoms with Gasteiger partial charge >= 0.3 is 0 Å². The molecule has 0 saturated carbocycles. The number of hydrogen-bond donors (Lipinski definition) is 3. The Morgan fingerprint density at radius 1 is 1.31 bits per heavy atom. The quantitative estimate of drug-likeness (QED) is 0.336. The number of nitrogens with zero attached hydrogens (tertiary/aromatic N) is 4. The van der Waals surface area contributed by atoms with Crippen molar-refractivity contribution in [2.75, 3.05) is 25.0 Å². The minimum atomic E-state index is -0.167. The number of halogens is 1. The van der Waals surface area contributed by atoms with Crippen molar-refractivity contribution in [3.63, 3.8) is 0 Å². The summed E-state index contributed by atoms with van der Waals surface area (Å²) < 4.78 is 0. The van der Waals surface area contributed by atoms with E-state index in [2.05, 4.69) is 48.6 Å². The van der Waals surface area contributed by atoms with Gasteiger partial charge in [-0.3, -0.25) is 9.69 Å². The first kappa shape index (κ1) is 23.6. The van der Waals surface area contributed by atoms with Gasteiger partial charge in [-0.2, -0.15) is 0 Å². The fourth-order valence-corrected chi connectivity index (χ4v) is 5.82. The van der Waals surface area contributed by atoms with Crippen LogP contribution < -0.4 is 5.32 Å². The number of rotatable bonds is 7. The zero-order valence-electron chi connectivity index (χ0n) is 19.1. The minimum absolute atomic E-state index is 0.0504. The van der Waals surface area contributed by atoms with Crippen LogP contribution >= 0.6 is 22.9 Å². The lowest BCUT2D eigenvalue weighted by Crippen LogP contribution is -2.28. The van der Waals surface area contributed by atoms with Crippen molar-refractivity contribution >= 4 is 34.7 Å². The van der Waals surface area contributed by atoms with E-state index in [4.69, 9.17) is 11.6 Å². The number of aromatic amines is 1. The Balaban J connectivity index is 1.63. The standard InChI is InChI=1S/C25H25ClN6O2S/c1-15(34)30-22-10-18(6-8-27-22)21-11-20(24(35-21)25-28-14-29-31-25)23(17-2-4-19(26)5-3-17)32-9-7-16(12-32)13-33/h2-6,8,10-11,14,16,23,33H,7,9,12-13H2,1H3,(H,27,30,34)(H,28,29,31)/t16-,23?/m0/s1. The Hall–Kier alpha value is -3.11. The summed E-state index contributed by atoms with van der Waals surface area (Å²) in [7, 11) is 0. The Morgan fingerprint density at radius 2 is 2.14 bits per heavy atom. The van der Waals surface area contributed by atoms with Crippen LogP contribution in [-0.2, 0) is 4.79 Å². The molecule has 1 unspecified atom stereocenters. The zero-order valence-corrected chi connectivity index (χ0v) is 20.7. The van der Waals surface area contributed by atoms with Crippen molar-refractivity contribution in [2.45, 2.75) is 19.4 Å². The highest BCUT2D eigenvalue weighted by atomic mass is 35.5. The van der Waals surface area contributed by atoms with Gasteiger partial charge in [-0.15, -0.1) is 21.5 Å². The van der Waals surface area contributed by atoms with Crippen LogP contribution in [0.2, 0.25) is 5.02 Å². The van der Waals surface area contributed by atoms with E-state index in [0.717, 1.165) is 46.0 Å². The number of H-pyrrole nitrogens is 1. The van der Waals surface area contributed by atoms with Crippen molar-refractivity contribution in [1.29, 1.82) is 0 Å². The first-order valence-corrected chi connectivity index (χ1v) is 12.6. The normalized spacial score (nSPS) is 16.9. The molecule has 4 aromatic rings. The smallest absolute Gasteiger partial charge is 0.222 e. The molecule has 5 rings (SSSR count). The molecule has 1 amide bonds. The van der Waals surface area contributed by atoms with Gasteiger partial charge in [0.2, 0.25) is 5.91 Å². The van der Waals surface area contributed by atoms with Gasteiger partial charge in [0, 0.05) is 36.2 Å². The summed E-state index contributed by atoms with van der Waals surface area (Å²) in [5, 5.41) is 21.6. The van der Waals surface area contributed by atoms with Crippen LogP contribution in [0.1, 0.15) is 30.5 Å². The molecule has 1 aliphatic rings. The second-order valence-corrected chi connectivity index (χ2v) is 10.1. The second kappa shape index (κ2) is 10.2. The molecule has 4 heterocycles. The lowest BCUT2D eigenvalue weighted by Gasteiger charge is -2.29. The third-order valence-corrected chi connectivity index (χ3v) is 7.62. The van der Waals surface area contributed by atoms with Crippen LogP contribution in [0.4, 0.5) is 5.82 Å². The number of aromatic nitrogens is 4. The van der Waals surface area contributed by atoms with Gasteiger partial charge in [0.05, 0.1) is 10.9 Å². The van der Waals surface area contributed by atoms with E-state index < -0.39 is 0 Å². The van der Waals surface area contributed by atoms with Gasteiger partial charge in [0.25, 0.3) is 0 Å². The number of carbonyl (C=O) groups excluding carboxylic acids is 1. The Kier molecular flexibility index (Phi) is 6.92. The first-order valence-electron chi connectivity index (χ1n) is 11.4. The number of nitrogens with one attached hydrogen (secondary N) is 2. The summed E-state index contributed by atoms with van der Waals surface area (Å²) in [5.41, 5.74) is 3.16. The summed E-state index contributed by atoms with van der Waals surface area (Å²) in [6.07, 6.45) is 4.21. The van der Waals surface area contributed by atoms with Gasteiger partial charge in [0.1, 0.15) is 12.1 Å². The van der Waals surface area contributed by atoms with E-state index in [1.54, 1.807) is 23.9 Å². The molecule has 0 aliphatic carbocycles. The fraction of sp³-hybridized carbons (Fsp3) is 0.280. The molecule has 2 atom stereocenters. The van der Waals surface area contributed by atoms with Crippen LogP contribution in [0.3, 0.4) is 0 Å². The molecular weight excluding hydrogens is 484 g/mol. The SMILES string of the molecule is CC(=O)Nc1cc(-c2cc(C(c3ccc(Cl)cc3)N3CC[C@H](CO)C3)c(-c3nnc[nH]3)s2)ccn1. The molecule has 8 nitrogen and oxygen atoms in total. The lowest BCUT2D eigenvalue weighted by atomic mass is 9.96. The highest BCUT2D eigenvalue weighted by Gasteiger charge is 2.33. The van der Waals surface area contributed by atoms with Gasteiger partial charge in [-0.05, 0) is 65.9 Å². The van der Waals surface area contributed by atoms with Crippen molar-refractivity contribution in [1.82, 2.24) is 25.1 Å². The number of pyridine rings is 1. The van der Waals surface area contributed by atoms with Crippen molar-refractivity contribution in [3.8, 4) is 21.1 Å². The number of aliphatic hydroxyl groups excluding tert-OH is 1. The summed E-state index contributed by atoms with van der Waals surface area (Å²) in [6, 6.07) is 13.9. The van der Waals surface area contributed by atoms with Crippen LogP contribution in [0.25, 0.3) is 21.1 Å². The number of aliphatic hydroxyl groups is 1. The zero-order chi connectivity index (χ0) is 24.4. The topological polar surface area (TPSA) is 107 Å². The van der Waals surface area contributed by atoms with Gasteiger partial charge in [0.15, 0.2) is 5.82 Å². The van der Waals surface area contributed by atoms with Crippen LogP contribution in [0, 0.1) is 5.92 Å². The number of amides is 1. The van der Waals surface area contributed by atoms with E-state index in [9.17, 15) is 9.90 Å². The average molecular weight is 509 g/mol. The Morgan fingerprint density at radius 3 is 2.83 bits per heavy atom. The molecule has 3 N–H and O–H groups in total.